The van der Waals surface area contributed by atoms with Crippen LogP contribution in [-0.2, 0) is 13.0 Å². The molecule has 0 saturated carbocycles. The highest BCUT2D eigenvalue weighted by Gasteiger charge is 2.03. The zero-order valence-electron chi connectivity index (χ0n) is 9.80. The van der Waals surface area contributed by atoms with Gasteiger partial charge in [0.25, 0.3) is 0 Å². The molecular weight excluding hydrogens is 228 g/mol. The summed E-state index contributed by atoms with van der Waals surface area (Å²) in [6.45, 7) is 0.00983. The molecule has 0 unspecified atom stereocenters. The van der Waals surface area contributed by atoms with Gasteiger partial charge in [-0.25, -0.2) is 0 Å². The van der Waals surface area contributed by atoms with Crippen molar-refractivity contribution in [3.05, 3.63) is 70.8 Å². The lowest BCUT2D eigenvalue weighted by Crippen LogP contribution is -2.23. The molecule has 0 heterocycles. The lowest BCUT2D eigenvalue weighted by molar-refractivity contribution is -0.255. The van der Waals surface area contributed by atoms with Gasteiger partial charge in [-0.1, -0.05) is 48.5 Å². The summed E-state index contributed by atoms with van der Waals surface area (Å²) >= 11 is 0. The molecular formula is C15H13O3-. The highest BCUT2D eigenvalue weighted by Crippen LogP contribution is 2.14. The highest BCUT2D eigenvalue weighted by atomic mass is 16.4. The Bertz CT molecular complexity index is 544. The predicted octanol–water partition coefficient (Wildman–Crippen LogP) is 1.13. The number of aliphatic hydroxyl groups excluding tert-OH is 1. The Kier molecular flexibility index (Phi) is 3.75. The Morgan fingerprint density at radius 1 is 1.00 bits per heavy atom. The van der Waals surface area contributed by atoms with Crippen LogP contribution in [-0.4, -0.2) is 11.1 Å². The minimum Gasteiger partial charge on any atom is -0.545 e. The fraction of sp³-hybridized carbons (Fsp3) is 0.133. The first-order chi connectivity index (χ1) is 8.70. The Labute approximate surface area is 105 Å². The monoisotopic (exact) mass is 241 g/mol. The normalized spacial score (nSPS) is 10.3. The van der Waals surface area contributed by atoms with Gasteiger partial charge in [-0.15, -0.1) is 0 Å². The van der Waals surface area contributed by atoms with E-state index < -0.39 is 5.97 Å². The summed E-state index contributed by atoms with van der Waals surface area (Å²) in [5.74, 6) is -1.16. The van der Waals surface area contributed by atoms with Crippen molar-refractivity contribution < 1.29 is 15.0 Å². The van der Waals surface area contributed by atoms with Crippen molar-refractivity contribution >= 4 is 5.97 Å². The lowest BCUT2D eigenvalue weighted by Gasteiger charge is -2.10. The number of carboxylic acid groups (broad SMARTS) is 1. The molecule has 18 heavy (non-hydrogen) atoms. The van der Waals surface area contributed by atoms with Gasteiger partial charge in [0.15, 0.2) is 0 Å². The predicted molar refractivity (Wildman–Crippen MR) is 65.9 cm³/mol. The first-order valence-corrected chi connectivity index (χ1v) is 5.68. The van der Waals surface area contributed by atoms with Crippen LogP contribution in [0.1, 0.15) is 27.0 Å². The molecule has 0 saturated heterocycles. The molecule has 0 spiro atoms. The molecule has 0 atom stereocenters. The van der Waals surface area contributed by atoms with Gasteiger partial charge in [0.1, 0.15) is 0 Å². The first kappa shape index (κ1) is 12.3. The third-order valence-corrected chi connectivity index (χ3v) is 2.84. The minimum absolute atomic E-state index is 0.00983. The van der Waals surface area contributed by atoms with Crippen molar-refractivity contribution in [1.29, 1.82) is 0 Å². The van der Waals surface area contributed by atoms with E-state index in [1.807, 2.05) is 30.3 Å². The molecule has 0 radical (unpaired) electrons. The molecule has 0 fully saturated rings. The lowest BCUT2D eigenvalue weighted by atomic mass is 9.99. The second-order valence-electron chi connectivity index (χ2n) is 4.10. The number of hydrogen-bond donors (Lipinski definition) is 1. The summed E-state index contributed by atoms with van der Waals surface area (Å²) < 4.78 is 0. The number of aromatic carboxylic acids is 1. The molecule has 2 aromatic carbocycles. The summed E-state index contributed by atoms with van der Waals surface area (Å²) in [5.41, 5.74) is 2.80. The second-order valence-corrected chi connectivity index (χ2v) is 4.10. The molecule has 92 valence electrons. The van der Waals surface area contributed by atoms with Crippen LogP contribution < -0.4 is 5.11 Å². The van der Waals surface area contributed by atoms with Crippen molar-refractivity contribution in [2.24, 2.45) is 0 Å². The number of benzene rings is 2. The molecule has 1 N–H and O–H groups in total. The highest BCUT2D eigenvalue weighted by molar-refractivity contribution is 5.87. The third-order valence-electron chi connectivity index (χ3n) is 2.84. The smallest absolute Gasteiger partial charge is 0.0718 e. The van der Waals surface area contributed by atoms with Crippen LogP contribution in [0.4, 0.5) is 0 Å². The molecule has 3 heteroatoms. The van der Waals surface area contributed by atoms with Crippen molar-refractivity contribution in [3.8, 4) is 0 Å². The largest absolute Gasteiger partial charge is 0.545 e. The average molecular weight is 241 g/mol. The third kappa shape index (κ3) is 2.76. The van der Waals surface area contributed by atoms with Crippen LogP contribution in [0.5, 0.6) is 0 Å². The fourth-order valence-electron chi connectivity index (χ4n) is 1.86. The molecule has 2 rings (SSSR count). The maximum Gasteiger partial charge on any atom is 0.0718 e. The van der Waals surface area contributed by atoms with E-state index in [4.69, 9.17) is 5.11 Å². The molecule has 0 amide bonds. The van der Waals surface area contributed by atoms with E-state index in [0.29, 0.717) is 6.42 Å². The zero-order chi connectivity index (χ0) is 13.0. The number of carboxylic acids is 1. The molecule has 0 aromatic heterocycles. The fourth-order valence-corrected chi connectivity index (χ4v) is 1.86. The SMILES string of the molecule is O=C([O-])c1ccccc1Cc1ccc(CO)cc1. The van der Waals surface area contributed by atoms with E-state index in [9.17, 15) is 9.90 Å². The number of rotatable bonds is 4. The topological polar surface area (TPSA) is 60.4 Å². The van der Waals surface area contributed by atoms with Gasteiger partial charge < -0.3 is 15.0 Å². The Balaban J connectivity index is 2.25. The molecule has 0 aliphatic carbocycles. The van der Waals surface area contributed by atoms with Crippen LogP contribution in [0, 0.1) is 0 Å². The molecule has 0 aliphatic rings. The van der Waals surface area contributed by atoms with Gasteiger partial charge in [0.05, 0.1) is 12.6 Å². The number of carbonyl (C=O) groups is 1. The Morgan fingerprint density at radius 3 is 2.22 bits per heavy atom. The van der Waals surface area contributed by atoms with Crippen molar-refractivity contribution in [1.82, 2.24) is 0 Å². The quantitative estimate of drug-likeness (QED) is 0.873. The van der Waals surface area contributed by atoms with Gasteiger partial charge in [-0.3, -0.25) is 0 Å². The Morgan fingerprint density at radius 2 is 1.61 bits per heavy atom. The maximum atomic E-state index is 11.0. The summed E-state index contributed by atoms with van der Waals surface area (Å²) in [7, 11) is 0. The molecule has 3 nitrogen and oxygen atoms in total. The Hall–Kier alpha value is -2.13. The van der Waals surface area contributed by atoms with Gasteiger partial charge in [-0.2, -0.15) is 0 Å². The molecule has 2 aromatic rings. The van der Waals surface area contributed by atoms with Crippen LogP contribution in [0.3, 0.4) is 0 Å². The van der Waals surface area contributed by atoms with Crippen LogP contribution in [0.25, 0.3) is 0 Å². The van der Waals surface area contributed by atoms with E-state index in [0.717, 1.165) is 16.7 Å². The maximum absolute atomic E-state index is 11.0. The van der Waals surface area contributed by atoms with E-state index in [-0.39, 0.29) is 12.2 Å². The second kappa shape index (κ2) is 5.47. The summed E-state index contributed by atoms with van der Waals surface area (Å²) in [6.07, 6.45) is 0.538. The number of aliphatic hydroxyl groups is 1. The van der Waals surface area contributed by atoms with Gasteiger partial charge >= 0.3 is 0 Å². The number of hydrogen-bond acceptors (Lipinski definition) is 3. The summed E-state index contributed by atoms with van der Waals surface area (Å²) in [4.78, 5) is 11.0. The van der Waals surface area contributed by atoms with Gasteiger partial charge in [0, 0.05) is 5.56 Å². The first-order valence-electron chi connectivity index (χ1n) is 5.68. The average Bonchev–Trinajstić information content (AvgIpc) is 2.40. The van der Waals surface area contributed by atoms with E-state index >= 15 is 0 Å². The van der Waals surface area contributed by atoms with Crippen molar-refractivity contribution in [3.63, 3.8) is 0 Å². The minimum atomic E-state index is -1.16. The van der Waals surface area contributed by atoms with Crippen LogP contribution in [0.15, 0.2) is 48.5 Å². The van der Waals surface area contributed by atoms with Crippen LogP contribution >= 0.6 is 0 Å². The summed E-state index contributed by atoms with van der Waals surface area (Å²) in [5, 5.41) is 19.9. The summed E-state index contributed by atoms with van der Waals surface area (Å²) in [6, 6.07) is 14.3. The van der Waals surface area contributed by atoms with E-state index in [1.54, 1.807) is 18.2 Å². The number of carbonyl (C=O) groups excluding carboxylic acids is 1. The van der Waals surface area contributed by atoms with Gasteiger partial charge in [0.2, 0.25) is 0 Å². The van der Waals surface area contributed by atoms with Crippen molar-refractivity contribution in [2.75, 3.05) is 0 Å². The van der Waals surface area contributed by atoms with Crippen molar-refractivity contribution in [2.45, 2.75) is 13.0 Å². The molecule has 0 bridgehead atoms. The van der Waals surface area contributed by atoms with Crippen LogP contribution in [0.2, 0.25) is 0 Å². The standard InChI is InChI=1S/C15H14O3/c16-10-12-7-5-11(6-8-12)9-13-3-1-2-4-14(13)15(17)18/h1-8,16H,9-10H2,(H,17,18)/p-1. The van der Waals surface area contributed by atoms with Gasteiger partial charge in [-0.05, 0) is 23.1 Å². The molecule has 0 aliphatic heterocycles. The van der Waals surface area contributed by atoms with E-state index in [1.165, 1.54) is 0 Å². The zero-order valence-corrected chi connectivity index (χ0v) is 9.80. The van der Waals surface area contributed by atoms with E-state index in [2.05, 4.69) is 0 Å².